The number of amides is 1. The Morgan fingerprint density at radius 3 is 2.57 bits per heavy atom. The highest BCUT2D eigenvalue weighted by atomic mass is 16.5. The average Bonchev–Trinajstić information content (AvgIpc) is 2.13. The van der Waals surface area contributed by atoms with E-state index in [0.717, 1.165) is 0 Å². The van der Waals surface area contributed by atoms with Gasteiger partial charge in [0.1, 0.15) is 12.2 Å². The fraction of sp³-hybridized carbons (Fsp3) is 0.875. The number of hydrogen-bond acceptors (Lipinski definition) is 5. The quantitative estimate of drug-likeness (QED) is 0.410. The number of rotatable bonds is 3. The molecule has 4 atom stereocenters. The third-order valence-corrected chi connectivity index (χ3v) is 2.38. The van der Waals surface area contributed by atoms with Gasteiger partial charge in [-0.3, -0.25) is 4.79 Å². The van der Waals surface area contributed by atoms with Gasteiger partial charge in [0, 0.05) is 12.3 Å². The van der Waals surface area contributed by atoms with Gasteiger partial charge in [-0.15, -0.1) is 0 Å². The minimum absolute atomic E-state index is 0.0314. The van der Waals surface area contributed by atoms with Gasteiger partial charge in [0.25, 0.3) is 0 Å². The van der Waals surface area contributed by atoms with Crippen molar-refractivity contribution < 1.29 is 24.9 Å². The Morgan fingerprint density at radius 2 is 2.07 bits per heavy atom. The molecule has 1 amide bonds. The lowest BCUT2D eigenvalue weighted by molar-refractivity contribution is -0.176. The van der Waals surface area contributed by atoms with Crippen LogP contribution in [0, 0.1) is 5.92 Å². The van der Waals surface area contributed by atoms with Crippen LogP contribution >= 0.6 is 0 Å². The second-order valence-electron chi connectivity index (χ2n) is 3.47. The van der Waals surface area contributed by atoms with E-state index in [9.17, 15) is 15.0 Å². The highest BCUT2D eigenvalue weighted by Gasteiger charge is 2.38. The van der Waals surface area contributed by atoms with Gasteiger partial charge in [0.2, 0.25) is 5.91 Å². The highest BCUT2D eigenvalue weighted by molar-refractivity contribution is 5.74. The zero-order valence-corrected chi connectivity index (χ0v) is 7.67. The molecule has 6 heteroatoms. The summed E-state index contributed by atoms with van der Waals surface area (Å²) in [5.74, 6) is -1.04. The van der Waals surface area contributed by atoms with E-state index in [1.165, 1.54) is 0 Å². The number of primary amides is 1. The topological polar surface area (TPSA) is 113 Å². The zero-order chi connectivity index (χ0) is 10.7. The van der Waals surface area contributed by atoms with Gasteiger partial charge >= 0.3 is 0 Å². The van der Waals surface area contributed by atoms with Crippen LogP contribution in [0.15, 0.2) is 0 Å². The Kier molecular flexibility index (Phi) is 3.82. The van der Waals surface area contributed by atoms with Gasteiger partial charge < -0.3 is 25.8 Å². The summed E-state index contributed by atoms with van der Waals surface area (Å²) in [4.78, 5) is 10.6. The summed E-state index contributed by atoms with van der Waals surface area (Å²) in [5.41, 5.74) is 4.96. The molecule has 1 saturated heterocycles. The molecule has 0 saturated carbocycles. The monoisotopic (exact) mass is 205 g/mol. The van der Waals surface area contributed by atoms with Crippen molar-refractivity contribution in [3.8, 4) is 0 Å². The van der Waals surface area contributed by atoms with Gasteiger partial charge in [-0.25, -0.2) is 0 Å². The predicted octanol–water partition coefficient (Wildman–Crippen LogP) is -2.41. The van der Waals surface area contributed by atoms with Crippen LogP contribution in [0.1, 0.15) is 6.42 Å². The van der Waals surface area contributed by atoms with Crippen molar-refractivity contribution in [3.63, 3.8) is 0 Å². The zero-order valence-electron chi connectivity index (χ0n) is 7.67. The van der Waals surface area contributed by atoms with Crippen molar-refractivity contribution >= 4 is 5.91 Å². The first kappa shape index (κ1) is 11.4. The maximum atomic E-state index is 10.6. The number of nitrogens with two attached hydrogens (primary N) is 1. The summed E-state index contributed by atoms with van der Waals surface area (Å²) >= 11 is 0. The number of aliphatic hydroxyl groups is 3. The SMILES string of the molecule is NC(=O)C[C@@H]1CO[C@H](CO)[C@H](O)[C@@H]1O. The van der Waals surface area contributed by atoms with Gasteiger partial charge in [-0.05, 0) is 0 Å². The van der Waals surface area contributed by atoms with E-state index in [1.807, 2.05) is 0 Å². The standard InChI is InChI=1S/C8H15NO5/c9-6(11)1-4-3-14-5(2-10)8(13)7(4)12/h4-5,7-8,10,12-13H,1-3H2,(H2,9,11)/t4-,5-,7-,8+/m1/s1. The molecule has 1 heterocycles. The van der Waals surface area contributed by atoms with Crippen LogP contribution in [-0.2, 0) is 9.53 Å². The lowest BCUT2D eigenvalue weighted by atomic mass is 9.90. The third-order valence-electron chi connectivity index (χ3n) is 2.38. The van der Waals surface area contributed by atoms with Gasteiger partial charge in [0.05, 0.1) is 19.3 Å². The molecular weight excluding hydrogens is 190 g/mol. The maximum absolute atomic E-state index is 10.6. The number of ether oxygens (including phenoxy) is 1. The molecule has 5 N–H and O–H groups in total. The molecule has 0 aromatic rings. The molecule has 0 unspecified atom stereocenters. The molecule has 1 rings (SSSR count). The second kappa shape index (κ2) is 4.70. The number of aliphatic hydroxyl groups excluding tert-OH is 3. The number of carbonyl (C=O) groups is 1. The second-order valence-corrected chi connectivity index (χ2v) is 3.47. The molecule has 0 bridgehead atoms. The van der Waals surface area contributed by atoms with Crippen molar-refractivity contribution in [2.45, 2.75) is 24.7 Å². The fourth-order valence-corrected chi connectivity index (χ4v) is 1.54. The van der Waals surface area contributed by atoms with Crippen molar-refractivity contribution in [2.24, 2.45) is 11.7 Å². The van der Waals surface area contributed by atoms with Crippen molar-refractivity contribution in [2.75, 3.05) is 13.2 Å². The minimum atomic E-state index is -1.17. The predicted molar refractivity (Wildman–Crippen MR) is 46.1 cm³/mol. The molecule has 1 fully saturated rings. The molecule has 0 aliphatic carbocycles. The molecule has 0 aromatic carbocycles. The van der Waals surface area contributed by atoms with Crippen LogP contribution in [0.2, 0.25) is 0 Å². The molecule has 6 nitrogen and oxygen atoms in total. The molecule has 0 spiro atoms. The van der Waals surface area contributed by atoms with Crippen LogP contribution in [0.3, 0.4) is 0 Å². The summed E-state index contributed by atoms with van der Waals surface area (Å²) in [6.45, 7) is -0.242. The van der Waals surface area contributed by atoms with E-state index in [2.05, 4.69) is 0 Å². The van der Waals surface area contributed by atoms with E-state index in [1.54, 1.807) is 0 Å². The number of carbonyl (C=O) groups excluding carboxylic acids is 1. The summed E-state index contributed by atoms with van der Waals surface area (Å²) in [7, 11) is 0. The summed E-state index contributed by atoms with van der Waals surface area (Å²) < 4.78 is 5.06. The Bertz CT molecular complexity index is 210. The van der Waals surface area contributed by atoms with E-state index < -0.39 is 30.1 Å². The summed E-state index contributed by atoms with van der Waals surface area (Å²) in [5, 5.41) is 27.7. The fourth-order valence-electron chi connectivity index (χ4n) is 1.54. The first-order valence-electron chi connectivity index (χ1n) is 4.43. The maximum Gasteiger partial charge on any atom is 0.217 e. The Labute approximate surface area is 81.3 Å². The first-order chi connectivity index (χ1) is 6.56. The van der Waals surface area contributed by atoms with E-state index in [0.29, 0.717) is 0 Å². The van der Waals surface area contributed by atoms with Crippen molar-refractivity contribution in [3.05, 3.63) is 0 Å². The van der Waals surface area contributed by atoms with E-state index in [-0.39, 0.29) is 19.6 Å². The van der Waals surface area contributed by atoms with Crippen LogP contribution in [0.4, 0.5) is 0 Å². The van der Waals surface area contributed by atoms with Gasteiger partial charge in [-0.1, -0.05) is 0 Å². The van der Waals surface area contributed by atoms with Gasteiger partial charge in [0.15, 0.2) is 0 Å². The number of hydrogen-bond donors (Lipinski definition) is 4. The van der Waals surface area contributed by atoms with Gasteiger partial charge in [-0.2, -0.15) is 0 Å². The molecule has 0 radical (unpaired) electrons. The molecule has 1 aliphatic heterocycles. The molecule has 1 aliphatic rings. The lowest BCUT2D eigenvalue weighted by Crippen LogP contribution is -2.52. The summed E-state index contributed by atoms with van der Waals surface area (Å²) in [6, 6.07) is 0. The molecule has 0 aromatic heterocycles. The van der Waals surface area contributed by atoms with Crippen LogP contribution in [-0.4, -0.2) is 52.8 Å². The van der Waals surface area contributed by atoms with E-state index >= 15 is 0 Å². The smallest absolute Gasteiger partial charge is 0.217 e. The van der Waals surface area contributed by atoms with Crippen LogP contribution < -0.4 is 5.73 Å². The van der Waals surface area contributed by atoms with E-state index in [4.69, 9.17) is 15.6 Å². The Morgan fingerprint density at radius 1 is 1.43 bits per heavy atom. The molecular formula is C8H15NO5. The highest BCUT2D eigenvalue weighted by Crippen LogP contribution is 2.22. The van der Waals surface area contributed by atoms with Crippen molar-refractivity contribution in [1.29, 1.82) is 0 Å². The largest absolute Gasteiger partial charge is 0.394 e. The molecule has 82 valence electrons. The Hall–Kier alpha value is -0.690. The molecule has 14 heavy (non-hydrogen) atoms. The third kappa shape index (κ3) is 2.42. The van der Waals surface area contributed by atoms with Crippen molar-refractivity contribution in [1.82, 2.24) is 0 Å². The summed E-state index contributed by atoms with van der Waals surface area (Å²) in [6.07, 6.45) is -3.06. The van der Waals surface area contributed by atoms with Crippen LogP contribution in [0.25, 0.3) is 0 Å². The minimum Gasteiger partial charge on any atom is -0.394 e. The first-order valence-corrected chi connectivity index (χ1v) is 4.43. The average molecular weight is 205 g/mol. The lowest BCUT2D eigenvalue weighted by Gasteiger charge is -2.36. The Balaban J connectivity index is 2.54. The van der Waals surface area contributed by atoms with Crippen LogP contribution in [0.5, 0.6) is 0 Å². The normalized spacial score (nSPS) is 38.2.